The Bertz CT molecular complexity index is 407. The van der Waals surface area contributed by atoms with Crippen LogP contribution in [0.15, 0.2) is 24.3 Å². The summed E-state index contributed by atoms with van der Waals surface area (Å²) in [6.07, 6.45) is 0. The molecule has 0 saturated carbocycles. The lowest BCUT2D eigenvalue weighted by molar-refractivity contribution is 0.0966. The van der Waals surface area contributed by atoms with Crippen molar-refractivity contribution in [2.24, 2.45) is 5.14 Å². The average molecular weight is 214 g/mol. The SMILES string of the molecule is N[SH](=O)=O.O=C1NCc2ccccc21. The summed E-state index contributed by atoms with van der Waals surface area (Å²) < 4.78 is 17.6. The number of hydrogen-bond acceptors (Lipinski definition) is 3. The second-order valence-corrected chi connectivity index (χ2v) is 3.20. The van der Waals surface area contributed by atoms with Crippen LogP contribution in [0.3, 0.4) is 0 Å². The van der Waals surface area contributed by atoms with Gasteiger partial charge in [0.1, 0.15) is 0 Å². The maximum absolute atomic E-state index is 11.0. The molecule has 0 saturated heterocycles. The number of carbonyl (C=O) groups excluding carboxylic acids is 1. The second-order valence-electron chi connectivity index (χ2n) is 2.63. The predicted molar refractivity (Wildman–Crippen MR) is 52.1 cm³/mol. The molecule has 6 heteroatoms. The van der Waals surface area contributed by atoms with E-state index >= 15 is 0 Å². The molecule has 0 radical (unpaired) electrons. The molecular weight excluding hydrogens is 204 g/mol. The fourth-order valence-corrected chi connectivity index (χ4v) is 1.17. The van der Waals surface area contributed by atoms with E-state index in [0.717, 1.165) is 11.1 Å². The Hall–Kier alpha value is -1.40. The fourth-order valence-electron chi connectivity index (χ4n) is 1.17. The highest BCUT2D eigenvalue weighted by molar-refractivity contribution is 7.69. The van der Waals surface area contributed by atoms with Gasteiger partial charge < -0.3 is 5.32 Å². The van der Waals surface area contributed by atoms with Crippen molar-refractivity contribution in [1.82, 2.24) is 5.32 Å². The van der Waals surface area contributed by atoms with Crippen LogP contribution in [-0.2, 0) is 17.4 Å². The molecule has 0 spiro atoms. The van der Waals surface area contributed by atoms with E-state index in [1.807, 2.05) is 24.3 Å². The van der Waals surface area contributed by atoms with E-state index in [4.69, 9.17) is 8.42 Å². The van der Waals surface area contributed by atoms with Gasteiger partial charge in [0, 0.05) is 12.1 Å². The summed E-state index contributed by atoms with van der Waals surface area (Å²) in [7, 11) is -2.62. The van der Waals surface area contributed by atoms with Crippen LogP contribution in [0, 0.1) is 0 Å². The van der Waals surface area contributed by atoms with Crippen molar-refractivity contribution in [2.75, 3.05) is 0 Å². The van der Waals surface area contributed by atoms with Crippen molar-refractivity contribution in [2.45, 2.75) is 6.54 Å². The van der Waals surface area contributed by atoms with Crippen LogP contribution < -0.4 is 10.5 Å². The minimum Gasteiger partial charge on any atom is -0.348 e. The van der Waals surface area contributed by atoms with Crippen molar-refractivity contribution in [3.63, 3.8) is 0 Å². The van der Waals surface area contributed by atoms with E-state index < -0.39 is 10.9 Å². The molecule has 1 amide bonds. The van der Waals surface area contributed by atoms with E-state index in [1.165, 1.54) is 0 Å². The molecule has 3 N–H and O–H groups in total. The number of fused-ring (bicyclic) bond motifs is 1. The van der Waals surface area contributed by atoms with Gasteiger partial charge in [0.05, 0.1) is 0 Å². The maximum atomic E-state index is 11.0. The summed E-state index contributed by atoms with van der Waals surface area (Å²) in [6.45, 7) is 0.689. The van der Waals surface area contributed by atoms with Crippen molar-refractivity contribution in [1.29, 1.82) is 0 Å². The van der Waals surface area contributed by atoms with E-state index in [9.17, 15) is 4.79 Å². The summed E-state index contributed by atoms with van der Waals surface area (Å²) in [5, 5.41) is 6.81. The van der Waals surface area contributed by atoms with Crippen LogP contribution in [0.25, 0.3) is 0 Å². The Morgan fingerprint density at radius 3 is 2.43 bits per heavy atom. The topological polar surface area (TPSA) is 89.3 Å². The zero-order chi connectivity index (χ0) is 10.6. The maximum Gasteiger partial charge on any atom is 0.251 e. The van der Waals surface area contributed by atoms with E-state index in [1.54, 1.807) is 0 Å². The molecule has 0 aliphatic carbocycles. The smallest absolute Gasteiger partial charge is 0.251 e. The van der Waals surface area contributed by atoms with Gasteiger partial charge in [-0.25, -0.2) is 13.6 Å². The quantitative estimate of drug-likeness (QED) is 0.504. The summed E-state index contributed by atoms with van der Waals surface area (Å²) in [4.78, 5) is 11.0. The number of thiol groups is 1. The predicted octanol–water partition coefficient (Wildman–Crippen LogP) is -0.598. The molecule has 76 valence electrons. The lowest BCUT2D eigenvalue weighted by Crippen LogP contribution is -2.12. The molecule has 1 aromatic rings. The van der Waals surface area contributed by atoms with Crippen molar-refractivity contribution in [3.05, 3.63) is 35.4 Å². The summed E-state index contributed by atoms with van der Waals surface area (Å²) in [5.41, 5.74) is 1.93. The largest absolute Gasteiger partial charge is 0.348 e. The van der Waals surface area contributed by atoms with E-state index in [2.05, 4.69) is 10.5 Å². The molecule has 14 heavy (non-hydrogen) atoms. The molecule has 0 atom stereocenters. The number of rotatable bonds is 0. The van der Waals surface area contributed by atoms with Gasteiger partial charge in [-0.05, 0) is 11.6 Å². The zero-order valence-electron chi connectivity index (χ0n) is 7.27. The Morgan fingerprint density at radius 1 is 1.29 bits per heavy atom. The first-order valence-corrected chi connectivity index (χ1v) is 5.11. The zero-order valence-corrected chi connectivity index (χ0v) is 8.16. The van der Waals surface area contributed by atoms with E-state index in [0.29, 0.717) is 6.54 Å². The molecule has 0 aromatic heterocycles. The van der Waals surface area contributed by atoms with Gasteiger partial charge in [-0.3, -0.25) is 4.79 Å². The Kier molecular flexibility index (Phi) is 3.61. The molecule has 0 fully saturated rings. The molecule has 1 heterocycles. The molecule has 0 bridgehead atoms. The number of carbonyl (C=O) groups is 1. The number of hydrogen-bond donors (Lipinski definition) is 3. The van der Waals surface area contributed by atoms with Gasteiger partial charge in [-0.1, -0.05) is 18.2 Å². The summed E-state index contributed by atoms with van der Waals surface area (Å²) >= 11 is 0. The van der Waals surface area contributed by atoms with Gasteiger partial charge in [-0.2, -0.15) is 0 Å². The third-order valence-electron chi connectivity index (χ3n) is 1.70. The first-order chi connectivity index (χ1) is 6.61. The fraction of sp³-hybridized carbons (Fsp3) is 0.125. The van der Waals surface area contributed by atoms with Crippen molar-refractivity contribution >= 4 is 16.8 Å². The van der Waals surface area contributed by atoms with Gasteiger partial charge in [0.15, 0.2) is 10.9 Å². The van der Waals surface area contributed by atoms with Crippen LogP contribution in [-0.4, -0.2) is 14.3 Å². The first-order valence-electron chi connectivity index (χ1n) is 3.86. The average Bonchev–Trinajstić information content (AvgIpc) is 2.48. The van der Waals surface area contributed by atoms with Gasteiger partial charge in [0.2, 0.25) is 0 Å². The number of nitrogens with two attached hydrogens (primary N) is 1. The molecule has 1 aliphatic heterocycles. The second kappa shape index (κ2) is 4.73. The lowest BCUT2D eigenvalue weighted by atomic mass is 10.1. The Balaban J connectivity index is 0.000000213. The molecular formula is C8H10N2O3S. The monoisotopic (exact) mass is 214 g/mol. The number of amides is 1. The van der Waals surface area contributed by atoms with Crippen molar-refractivity contribution in [3.8, 4) is 0 Å². The molecule has 0 unspecified atom stereocenters. The molecule has 5 nitrogen and oxygen atoms in total. The highest BCUT2D eigenvalue weighted by atomic mass is 32.2. The normalized spacial score (nSPS) is 12.9. The third-order valence-corrected chi connectivity index (χ3v) is 1.70. The summed E-state index contributed by atoms with van der Waals surface area (Å²) in [5.74, 6) is 0.0515. The highest BCUT2D eigenvalue weighted by Gasteiger charge is 2.16. The minimum absolute atomic E-state index is 0.0515. The van der Waals surface area contributed by atoms with Gasteiger partial charge >= 0.3 is 0 Å². The summed E-state index contributed by atoms with van der Waals surface area (Å²) in [6, 6.07) is 7.63. The Morgan fingerprint density at radius 2 is 1.86 bits per heavy atom. The third kappa shape index (κ3) is 2.82. The molecule has 1 aliphatic rings. The number of nitrogens with one attached hydrogen (secondary N) is 1. The van der Waals surface area contributed by atoms with Crippen LogP contribution in [0.2, 0.25) is 0 Å². The van der Waals surface area contributed by atoms with Crippen molar-refractivity contribution < 1.29 is 13.2 Å². The highest BCUT2D eigenvalue weighted by Crippen LogP contribution is 2.13. The van der Waals surface area contributed by atoms with Crippen LogP contribution in [0.4, 0.5) is 0 Å². The minimum atomic E-state index is -2.62. The van der Waals surface area contributed by atoms with Crippen LogP contribution >= 0.6 is 0 Å². The van der Waals surface area contributed by atoms with Gasteiger partial charge in [-0.15, -0.1) is 0 Å². The standard InChI is InChI=1S/C8H7NO.H3NO2S/c10-8-7-4-2-1-3-6(7)5-9-8;1-4(2)3/h1-4H,5H2,(H,9,10);4H,(H2,1,2,3). The first kappa shape index (κ1) is 10.7. The van der Waals surface area contributed by atoms with Crippen LogP contribution in [0.1, 0.15) is 15.9 Å². The molecule has 1 aromatic carbocycles. The van der Waals surface area contributed by atoms with E-state index in [-0.39, 0.29) is 5.91 Å². The Labute approximate surface area is 83.0 Å². The van der Waals surface area contributed by atoms with Gasteiger partial charge in [0.25, 0.3) is 5.91 Å². The lowest BCUT2D eigenvalue weighted by Gasteiger charge is -1.89. The van der Waals surface area contributed by atoms with Crippen LogP contribution in [0.5, 0.6) is 0 Å². The number of benzene rings is 1. The molecule has 2 rings (SSSR count).